The minimum atomic E-state index is -0.277. The lowest BCUT2D eigenvalue weighted by atomic mass is 10.1. The van der Waals surface area contributed by atoms with Gasteiger partial charge in [0, 0.05) is 19.1 Å². The number of carbonyl (C=O) groups is 1. The van der Waals surface area contributed by atoms with Crippen LogP contribution in [0, 0.1) is 5.92 Å². The molecule has 0 aliphatic heterocycles. The molecule has 0 aromatic rings. The van der Waals surface area contributed by atoms with Crippen molar-refractivity contribution >= 4 is 5.97 Å². The first kappa shape index (κ1) is 18.4. The maximum atomic E-state index is 11.2. The summed E-state index contributed by atoms with van der Waals surface area (Å²) in [5.41, 5.74) is 0. The highest BCUT2D eigenvalue weighted by molar-refractivity contribution is 5.70. The molecule has 0 radical (unpaired) electrons. The van der Waals surface area contributed by atoms with Crippen molar-refractivity contribution in [1.29, 1.82) is 0 Å². The zero-order chi connectivity index (χ0) is 14.7. The molecular weight excluding hydrogens is 242 g/mol. The van der Waals surface area contributed by atoms with Crippen molar-refractivity contribution in [2.24, 2.45) is 5.92 Å². The van der Waals surface area contributed by atoms with E-state index >= 15 is 0 Å². The van der Waals surface area contributed by atoms with Gasteiger partial charge in [0.2, 0.25) is 0 Å². The molecule has 0 spiro atoms. The highest BCUT2D eigenvalue weighted by Crippen LogP contribution is 2.11. The van der Waals surface area contributed by atoms with Gasteiger partial charge in [-0.25, -0.2) is 4.79 Å². The van der Waals surface area contributed by atoms with E-state index in [2.05, 4.69) is 32.6 Å². The van der Waals surface area contributed by atoms with E-state index in [9.17, 15) is 4.79 Å². The Balaban J connectivity index is 4.01. The van der Waals surface area contributed by atoms with Gasteiger partial charge >= 0.3 is 5.97 Å². The second-order valence-corrected chi connectivity index (χ2v) is 5.22. The number of ether oxygens (including phenoxy) is 2. The maximum Gasteiger partial charge on any atom is 0.332 e. The van der Waals surface area contributed by atoms with Crippen LogP contribution in [0.5, 0.6) is 0 Å². The summed E-state index contributed by atoms with van der Waals surface area (Å²) in [6, 6.07) is 0.605. The van der Waals surface area contributed by atoms with Gasteiger partial charge in [0.05, 0.1) is 13.2 Å². The van der Waals surface area contributed by atoms with Gasteiger partial charge in [-0.3, -0.25) is 4.90 Å². The van der Waals surface area contributed by atoms with E-state index in [0.717, 1.165) is 25.9 Å². The highest BCUT2D eigenvalue weighted by atomic mass is 16.6. The van der Waals surface area contributed by atoms with Crippen LogP contribution in [0.15, 0.2) is 0 Å². The minimum Gasteiger partial charge on any atom is -0.464 e. The van der Waals surface area contributed by atoms with Crippen molar-refractivity contribution in [3.8, 4) is 0 Å². The summed E-state index contributed by atoms with van der Waals surface area (Å²) in [6.07, 6.45) is 2.31. The molecule has 4 nitrogen and oxygen atoms in total. The van der Waals surface area contributed by atoms with Gasteiger partial charge < -0.3 is 9.47 Å². The summed E-state index contributed by atoms with van der Waals surface area (Å²) in [7, 11) is 0. The van der Waals surface area contributed by atoms with Crippen LogP contribution in [0.25, 0.3) is 0 Å². The molecule has 0 amide bonds. The number of hydrogen-bond acceptors (Lipinski definition) is 4. The normalized spacial score (nSPS) is 11.6. The number of carbonyl (C=O) groups excluding carboxylic acids is 1. The molecule has 0 saturated carbocycles. The number of esters is 1. The van der Waals surface area contributed by atoms with E-state index < -0.39 is 0 Å². The predicted molar refractivity (Wildman–Crippen MR) is 78.2 cm³/mol. The van der Waals surface area contributed by atoms with Crippen LogP contribution < -0.4 is 0 Å². The van der Waals surface area contributed by atoms with Crippen molar-refractivity contribution in [2.45, 2.75) is 53.5 Å². The molecule has 0 aliphatic carbocycles. The van der Waals surface area contributed by atoms with Crippen LogP contribution in [0.2, 0.25) is 0 Å². The van der Waals surface area contributed by atoms with Crippen LogP contribution >= 0.6 is 0 Å². The second kappa shape index (κ2) is 11.2. The van der Waals surface area contributed by atoms with Crippen LogP contribution in [0.4, 0.5) is 0 Å². The Kier molecular flexibility index (Phi) is 10.9. The molecule has 0 N–H and O–H groups in total. The smallest absolute Gasteiger partial charge is 0.332 e. The fraction of sp³-hybridized carbons (Fsp3) is 0.933. The Morgan fingerprint density at radius 3 is 2.26 bits per heavy atom. The molecule has 0 unspecified atom stereocenters. The van der Waals surface area contributed by atoms with Gasteiger partial charge in [0.1, 0.15) is 6.61 Å². The van der Waals surface area contributed by atoms with Crippen molar-refractivity contribution in [2.75, 3.05) is 32.9 Å². The molecule has 0 saturated heterocycles. The molecule has 0 bridgehead atoms. The van der Waals surface area contributed by atoms with Gasteiger partial charge in [0.25, 0.3) is 0 Å². The van der Waals surface area contributed by atoms with Gasteiger partial charge in [-0.2, -0.15) is 0 Å². The molecular formula is C15H31NO3. The minimum absolute atomic E-state index is 0.0618. The third-order valence-corrected chi connectivity index (χ3v) is 3.11. The number of rotatable bonds is 11. The zero-order valence-electron chi connectivity index (χ0n) is 13.3. The van der Waals surface area contributed by atoms with E-state index in [4.69, 9.17) is 9.47 Å². The topological polar surface area (TPSA) is 38.8 Å². The van der Waals surface area contributed by atoms with Gasteiger partial charge in [-0.15, -0.1) is 0 Å². The summed E-state index contributed by atoms with van der Waals surface area (Å²) < 4.78 is 10.2. The quantitative estimate of drug-likeness (QED) is 0.428. The van der Waals surface area contributed by atoms with Gasteiger partial charge in [-0.05, 0) is 25.7 Å². The van der Waals surface area contributed by atoms with Crippen molar-refractivity contribution < 1.29 is 14.3 Å². The summed E-state index contributed by atoms with van der Waals surface area (Å²) in [5.74, 6) is 0.367. The summed E-state index contributed by atoms with van der Waals surface area (Å²) in [4.78, 5) is 13.6. The standard InChI is InChI=1S/C15H31NO3/c1-6-14(7-2)16(11-13(4)5)9-10-18-12-15(17)19-8-3/h13-14H,6-12H2,1-5H3. The summed E-state index contributed by atoms with van der Waals surface area (Å²) in [5, 5.41) is 0. The molecule has 0 aromatic carbocycles. The molecule has 0 atom stereocenters. The van der Waals surface area contributed by atoms with Crippen molar-refractivity contribution in [1.82, 2.24) is 4.90 Å². The average molecular weight is 273 g/mol. The van der Waals surface area contributed by atoms with Crippen molar-refractivity contribution in [3.05, 3.63) is 0 Å². The lowest BCUT2D eigenvalue weighted by Gasteiger charge is -2.31. The highest BCUT2D eigenvalue weighted by Gasteiger charge is 2.16. The van der Waals surface area contributed by atoms with Crippen LogP contribution in [-0.4, -0.2) is 49.8 Å². The van der Waals surface area contributed by atoms with Crippen LogP contribution in [0.3, 0.4) is 0 Å². The second-order valence-electron chi connectivity index (χ2n) is 5.22. The van der Waals surface area contributed by atoms with Crippen LogP contribution in [-0.2, 0) is 14.3 Å². The predicted octanol–water partition coefficient (Wildman–Crippen LogP) is 2.71. The largest absolute Gasteiger partial charge is 0.464 e. The third kappa shape index (κ3) is 9.00. The maximum absolute atomic E-state index is 11.2. The van der Waals surface area contributed by atoms with E-state index in [1.54, 1.807) is 6.92 Å². The van der Waals surface area contributed by atoms with E-state index in [1.165, 1.54) is 0 Å². The van der Waals surface area contributed by atoms with Gasteiger partial charge in [0.15, 0.2) is 0 Å². The average Bonchev–Trinajstić information content (AvgIpc) is 2.35. The molecule has 4 heteroatoms. The summed E-state index contributed by atoms with van der Waals surface area (Å²) >= 11 is 0. The SMILES string of the molecule is CCOC(=O)COCCN(CC(C)C)C(CC)CC. The fourth-order valence-corrected chi connectivity index (χ4v) is 2.24. The molecule has 19 heavy (non-hydrogen) atoms. The Labute approximate surface area is 118 Å². The number of nitrogens with zero attached hydrogens (tertiary/aromatic N) is 1. The van der Waals surface area contributed by atoms with Crippen LogP contribution in [0.1, 0.15) is 47.5 Å². The molecule has 114 valence electrons. The van der Waals surface area contributed by atoms with E-state index in [1.807, 2.05) is 0 Å². The fourth-order valence-electron chi connectivity index (χ4n) is 2.24. The molecule has 0 rings (SSSR count). The Bertz CT molecular complexity index is 227. The zero-order valence-corrected chi connectivity index (χ0v) is 13.3. The number of hydrogen-bond donors (Lipinski definition) is 0. The molecule has 0 fully saturated rings. The first-order chi connectivity index (χ1) is 9.04. The molecule has 0 heterocycles. The lowest BCUT2D eigenvalue weighted by Crippen LogP contribution is -2.39. The summed E-state index contributed by atoms with van der Waals surface area (Å²) in [6.45, 7) is 13.7. The third-order valence-electron chi connectivity index (χ3n) is 3.11. The Morgan fingerprint density at radius 2 is 1.79 bits per heavy atom. The Hall–Kier alpha value is -0.610. The van der Waals surface area contributed by atoms with E-state index in [-0.39, 0.29) is 12.6 Å². The first-order valence-corrected chi connectivity index (χ1v) is 7.52. The van der Waals surface area contributed by atoms with Crippen molar-refractivity contribution in [3.63, 3.8) is 0 Å². The monoisotopic (exact) mass is 273 g/mol. The Morgan fingerprint density at radius 1 is 1.16 bits per heavy atom. The van der Waals surface area contributed by atoms with E-state index in [0.29, 0.717) is 25.2 Å². The van der Waals surface area contributed by atoms with Gasteiger partial charge in [-0.1, -0.05) is 27.7 Å². The first-order valence-electron chi connectivity index (χ1n) is 7.52. The molecule has 0 aliphatic rings. The molecule has 0 aromatic heterocycles. The lowest BCUT2D eigenvalue weighted by molar-refractivity contribution is -0.148.